The molecule has 0 aromatic heterocycles. The van der Waals surface area contributed by atoms with Gasteiger partial charge in [0, 0.05) is 25.7 Å². The molecular weight excluding hydrogens is 364 g/mol. The number of aliphatic hydroxyl groups is 1. The summed E-state index contributed by atoms with van der Waals surface area (Å²) in [4.78, 5) is 2.65. The lowest BCUT2D eigenvalue weighted by atomic mass is 10.1. The van der Waals surface area contributed by atoms with E-state index in [0.29, 0.717) is 11.5 Å². The summed E-state index contributed by atoms with van der Waals surface area (Å²) in [5.41, 5.74) is 1.19. The highest BCUT2D eigenvalue weighted by molar-refractivity contribution is 7.89. The van der Waals surface area contributed by atoms with E-state index in [9.17, 15) is 8.42 Å². The highest BCUT2D eigenvalue weighted by Gasteiger charge is 2.24. The molecule has 1 saturated heterocycles. The van der Waals surface area contributed by atoms with Crippen LogP contribution in [-0.4, -0.2) is 50.8 Å². The number of likely N-dealkylation sites (tertiary alicyclic amines) is 1. The fourth-order valence-electron chi connectivity index (χ4n) is 3.21. The fourth-order valence-corrected chi connectivity index (χ4v) is 4.53. The van der Waals surface area contributed by atoms with Crippen molar-refractivity contribution in [1.29, 1.82) is 0 Å². The van der Waals surface area contributed by atoms with Gasteiger partial charge in [0.2, 0.25) is 10.0 Å². The van der Waals surface area contributed by atoms with Gasteiger partial charge in [-0.3, -0.25) is 4.90 Å². The number of nitrogens with zero attached hydrogens (tertiary/aromatic N) is 1. The van der Waals surface area contributed by atoms with Crippen molar-refractivity contribution in [1.82, 2.24) is 9.62 Å². The average Bonchev–Trinajstić information content (AvgIpc) is 2.69. The zero-order chi connectivity index (χ0) is 19.1. The molecule has 1 aliphatic heterocycles. The predicted molar refractivity (Wildman–Crippen MR) is 104 cm³/mol. The van der Waals surface area contributed by atoms with Gasteiger partial charge in [0.1, 0.15) is 12.4 Å². The van der Waals surface area contributed by atoms with E-state index >= 15 is 0 Å². The molecule has 27 heavy (non-hydrogen) atoms. The van der Waals surface area contributed by atoms with Crippen LogP contribution in [0.5, 0.6) is 5.75 Å². The lowest BCUT2D eigenvalue weighted by molar-refractivity contribution is 0.198. The van der Waals surface area contributed by atoms with Crippen molar-refractivity contribution in [2.45, 2.75) is 30.3 Å². The van der Waals surface area contributed by atoms with Crippen molar-refractivity contribution >= 4 is 10.0 Å². The molecule has 3 rings (SSSR count). The van der Waals surface area contributed by atoms with Crippen LogP contribution < -0.4 is 9.46 Å². The van der Waals surface area contributed by atoms with E-state index < -0.39 is 10.0 Å². The number of hydrogen-bond acceptors (Lipinski definition) is 5. The maximum atomic E-state index is 12.4. The second-order valence-corrected chi connectivity index (χ2v) is 8.41. The van der Waals surface area contributed by atoms with Crippen LogP contribution in [0, 0.1) is 0 Å². The highest BCUT2D eigenvalue weighted by Crippen LogP contribution is 2.18. The van der Waals surface area contributed by atoms with Crippen molar-refractivity contribution < 1.29 is 18.3 Å². The van der Waals surface area contributed by atoms with E-state index in [1.807, 2.05) is 30.3 Å². The van der Waals surface area contributed by atoms with Crippen LogP contribution >= 0.6 is 0 Å². The quantitative estimate of drug-likeness (QED) is 0.721. The Morgan fingerprint density at radius 1 is 1.04 bits per heavy atom. The lowest BCUT2D eigenvalue weighted by Gasteiger charge is -2.32. The molecule has 2 aromatic rings. The van der Waals surface area contributed by atoms with Crippen LogP contribution in [-0.2, 0) is 16.6 Å². The predicted octanol–water partition coefficient (Wildman–Crippen LogP) is 2.00. The topological polar surface area (TPSA) is 78.9 Å². The maximum absolute atomic E-state index is 12.4. The number of sulfonamides is 1. The number of benzene rings is 2. The van der Waals surface area contributed by atoms with E-state index in [1.165, 1.54) is 5.56 Å². The Bertz CT molecular complexity index is 802. The largest absolute Gasteiger partial charge is 0.491 e. The Hall–Kier alpha value is -1.93. The molecule has 2 N–H and O–H groups in total. The monoisotopic (exact) mass is 390 g/mol. The Morgan fingerprint density at radius 2 is 1.70 bits per heavy atom. The van der Waals surface area contributed by atoms with Gasteiger partial charge < -0.3 is 9.84 Å². The molecule has 1 heterocycles. The SMILES string of the molecule is O=S(=O)(NC1CCN(Cc2ccc(OCCO)cc2)CC1)c1ccccc1. The molecule has 146 valence electrons. The van der Waals surface area contributed by atoms with Crippen molar-refractivity contribution in [2.24, 2.45) is 0 Å². The smallest absolute Gasteiger partial charge is 0.240 e. The number of piperidine rings is 1. The van der Waals surface area contributed by atoms with E-state index in [2.05, 4.69) is 9.62 Å². The van der Waals surface area contributed by atoms with Gasteiger partial charge in [0.25, 0.3) is 0 Å². The number of aliphatic hydroxyl groups excluding tert-OH is 1. The first-order valence-electron chi connectivity index (χ1n) is 9.19. The molecule has 0 unspecified atom stereocenters. The molecule has 0 spiro atoms. The summed E-state index contributed by atoms with van der Waals surface area (Å²) < 4.78 is 33.1. The summed E-state index contributed by atoms with van der Waals surface area (Å²) in [7, 11) is -3.45. The molecule has 0 saturated carbocycles. The van der Waals surface area contributed by atoms with Gasteiger partial charge in [-0.1, -0.05) is 30.3 Å². The Balaban J connectivity index is 1.47. The number of rotatable bonds is 8. The van der Waals surface area contributed by atoms with Crippen LogP contribution in [0.2, 0.25) is 0 Å². The summed E-state index contributed by atoms with van der Waals surface area (Å²) in [6.07, 6.45) is 1.59. The summed E-state index contributed by atoms with van der Waals surface area (Å²) in [5, 5.41) is 8.78. The third-order valence-electron chi connectivity index (χ3n) is 4.65. The molecule has 0 aliphatic carbocycles. The fraction of sp³-hybridized carbons (Fsp3) is 0.400. The van der Waals surface area contributed by atoms with Gasteiger partial charge in [0.15, 0.2) is 0 Å². The first kappa shape index (κ1) is 19.8. The van der Waals surface area contributed by atoms with Gasteiger partial charge in [-0.15, -0.1) is 0 Å². The molecule has 0 atom stereocenters. The molecule has 0 amide bonds. The van der Waals surface area contributed by atoms with Crippen molar-refractivity contribution in [2.75, 3.05) is 26.3 Å². The van der Waals surface area contributed by atoms with Gasteiger partial charge in [-0.25, -0.2) is 13.1 Å². The molecule has 2 aromatic carbocycles. The normalized spacial score (nSPS) is 16.3. The van der Waals surface area contributed by atoms with E-state index in [0.717, 1.165) is 38.2 Å². The second kappa shape index (κ2) is 9.32. The maximum Gasteiger partial charge on any atom is 0.240 e. The van der Waals surface area contributed by atoms with Gasteiger partial charge in [-0.05, 0) is 42.7 Å². The molecule has 1 aliphatic rings. The van der Waals surface area contributed by atoms with Gasteiger partial charge >= 0.3 is 0 Å². The van der Waals surface area contributed by atoms with E-state index in [1.54, 1.807) is 24.3 Å². The molecular formula is C20H26N2O4S. The number of nitrogens with one attached hydrogen (secondary N) is 1. The highest BCUT2D eigenvalue weighted by atomic mass is 32.2. The van der Waals surface area contributed by atoms with Crippen LogP contribution in [0.15, 0.2) is 59.5 Å². The third kappa shape index (κ3) is 5.77. The average molecular weight is 391 g/mol. The number of ether oxygens (including phenoxy) is 1. The molecule has 1 fully saturated rings. The first-order valence-corrected chi connectivity index (χ1v) is 10.7. The molecule has 6 nitrogen and oxygen atoms in total. The Kier molecular flexibility index (Phi) is 6.84. The van der Waals surface area contributed by atoms with Crippen LogP contribution in [0.1, 0.15) is 18.4 Å². The lowest BCUT2D eigenvalue weighted by Crippen LogP contribution is -2.44. The van der Waals surface area contributed by atoms with Crippen molar-refractivity contribution in [3.63, 3.8) is 0 Å². The summed E-state index contributed by atoms with van der Waals surface area (Å²) in [5.74, 6) is 0.752. The minimum atomic E-state index is -3.45. The van der Waals surface area contributed by atoms with E-state index in [4.69, 9.17) is 9.84 Å². The minimum Gasteiger partial charge on any atom is -0.491 e. The molecule has 7 heteroatoms. The van der Waals surface area contributed by atoms with Gasteiger partial charge in [-0.2, -0.15) is 0 Å². The van der Waals surface area contributed by atoms with Crippen LogP contribution in [0.3, 0.4) is 0 Å². The molecule has 0 bridgehead atoms. The Labute approximate surface area is 160 Å². The zero-order valence-corrected chi connectivity index (χ0v) is 16.1. The van der Waals surface area contributed by atoms with Crippen molar-refractivity contribution in [3.05, 3.63) is 60.2 Å². The second-order valence-electron chi connectivity index (χ2n) is 6.70. The molecule has 0 radical (unpaired) electrons. The summed E-state index contributed by atoms with van der Waals surface area (Å²) in [6, 6.07) is 16.3. The van der Waals surface area contributed by atoms with Gasteiger partial charge in [0.05, 0.1) is 11.5 Å². The van der Waals surface area contributed by atoms with Crippen molar-refractivity contribution in [3.8, 4) is 5.75 Å². The summed E-state index contributed by atoms with van der Waals surface area (Å²) >= 11 is 0. The van der Waals surface area contributed by atoms with Crippen LogP contribution in [0.25, 0.3) is 0 Å². The van der Waals surface area contributed by atoms with E-state index in [-0.39, 0.29) is 12.6 Å². The number of hydrogen-bond donors (Lipinski definition) is 2. The standard InChI is InChI=1S/C20H26N2O4S/c23-14-15-26-19-8-6-17(7-9-19)16-22-12-10-18(11-13-22)21-27(24,25)20-4-2-1-3-5-20/h1-9,18,21,23H,10-16H2. The summed E-state index contributed by atoms with van der Waals surface area (Å²) in [6.45, 7) is 2.84. The zero-order valence-electron chi connectivity index (χ0n) is 15.3. The third-order valence-corrected chi connectivity index (χ3v) is 6.19. The minimum absolute atomic E-state index is 0.00469. The first-order chi connectivity index (χ1) is 13.1. The van der Waals surface area contributed by atoms with Crippen LogP contribution in [0.4, 0.5) is 0 Å². The Morgan fingerprint density at radius 3 is 2.33 bits per heavy atom.